The highest BCUT2D eigenvalue weighted by Crippen LogP contribution is 2.36. The van der Waals surface area contributed by atoms with Crippen LogP contribution in [0.2, 0.25) is 0 Å². The monoisotopic (exact) mass is 207 g/mol. The molecule has 1 saturated carbocycles. The minimum absolute atomic E-state index is 0. The number of nitrogens with two attached hydrogens (primary N) is 1. The summed E-state index contributed by atoms with van der Waals surface area (Å²) in [6.07, 6.45) is 3.74. The molecule has 13 heavy (non-hydrogen) atoms. The quantitative estimate of drug-likeness (QED) is 0.663. The van der Waals surface area contributed by atoms with Crippen LogP contribution < -0.4 is 5.73 Å². The lowest BCUT2D eigenvalue weighted by molar-refractivity contribution is -0.153. The molecule has 0 radical (unpaired) electrons. The molecule has 1 rings (SSSR count). The van der Waals surface area contributed by atoms with E-state index >= 15 is 0 Å². The molecule has 0 amide bonds. The van der Waals surface area contributed by atoms with E-state index in [0.717, 1.165) is 25.7 Å². The SMILES string of the molecule is COC(=O)C1(C)CCCC(N)C1.Cl. The molecular weight excluding hydrogens is 190 g/mol. The first-order valence-corrected chi connectivity index (χ1v) is 4.42. The van der Waals surface area contributed by atoms with E-state index in [0.29, 0.717) is 0 Å². The van der Waals surface area contributed by atoms with Crippen molar-refractivity contribution in [3.8, 4) is 0 Å². The molecule has 4 heteroatoms. The maximum Gasteiger partial charge on any atom is 0.311 e. The number of rotatable bonds is 1. The maximum atomic E-state index is 11.4. The second-order valence-corrected chi connectivity index (χ2v) is 3.91. The van der Waals surface area contributed by atoms with Gasteiger partial charge in [0.05, 0.1) is 12.5 Å². The molecule has 2 unspecified atom stereocenters. The average molecular weight is 208 g/mol. The fraction of sp³-hybridized carbons (Fsp3) is 0.889. The van der Waals surface area contributed by atoms with Gasteiger partial charge in [-0.2, -0.15) is 0 Å². The average Bonchev–Trinajstić information content (AvgIpc) is 2.02. The Morgan fingerprint density at radius 2 is 2.23 bits per heavy atom. The number of halogens is 1. The number of ether oxygens (including phenoxy) is 1. The molecule has 78 valence electrons. The van der Waals surface area contributed by atoms with Gasteiger partial charge in [0.25, 0.3) is 0 Å². The van der Waals surface area contributed by atoms with Crippen molar-refractivity contribution in [2.45, 2.75) is 38.6 Å². The van der Waals surface area contributed by atoms with Crippen molar-refractivity contribution >= 4 is 18.4 Å². The van der Waals surface area contributed by atoms with Crippen LogP contribution in [0.3, 0.4) is 0 Å². The third-order valence-electron chi connectivity index (χ3n) is 2.69. The predicted octanol–water partition coefficient (Wildman–Crippen LogP) is 1.49. The van der Waals surface area contributed by atoms with Gasteiger partial charge in [-0.05, 0) is 26.2 Å². The Balaban J connectivity index is 0.00000144. The van der Waals surface area contributed by atoms with Crippen molar-refractivity contribution in [3.63, 3.8) is 0 Å². The zero-order chi connectivity index (χ0) is 9.19. The zero-order valence-corrected chi connectivity index (χ0v) is 9.02. The molecule has 0 heterocycles. The van der Waals surface area contributed by atoms with Crippen molar-refractivity contribution in [3.05, 3.63) is 0 Å². The first-order chi connectivity index (χ1) is 5.58. The van der Waals surface area contributed by atoms with Crippen LogP contribution in [0.4, 0.5) is 0 Å². The van der Waals surface area contributed by atoms with Crippen molar-refractivity contribution in [1.82, 2.24) is 0 Å². The van der Waals surface area contributed by atoms with E-state index in [1.807, 2.05) is 6.92 Å². The van der Waals surface area contributed by atoms with Crippen LogP contribution in [-0.4, -0.2) is 19.1 Å². The van der Waals surface area contributed by atoms with E-state index < -0.39 is 0 Å². The lowest BCUT2D eigenvalue weighted by Crippen LogP contribution is -2.40. The Kier molecular flexibility index (Phi) is 4.71. The third-order valence-corrected chi connectivity index (χ3v) is 2.69. The van der Waals surface area contributed by atoms with Crippen molar-refractivity contribution < 1.29 is 9.53 Å². The van der Waals surface area contributed by atoms with Crippen molar-refractivity contribution in [2.75, 3.05) is 7.11 Å². The molecule has 1 fully saturated rings. The van der Waals surface area contributed by atoms with Crippen LogP contribution in [0.25, 0.3) is 0 Å². The van der Waals surface area contributed by atoms with Crippen LogP contribution in [0.1, 0.15) is 32.6 Å². The summed E-state index contributed by atoms with van der Waals surface area (Å²) in [4.78, 5) is 11.4. The first kappa shape index (κ1) is 12.7. The third kappa shape index (κ3) is 2.85. The Morgan fingerprint density at radius 1 is 1.62 bits per heavy atom. The molecule has 0 spiro atoms. The smallest absolute Gasteiger partial charge is 0.311 e. The Hall–Kier alpha value is -0.280. The Bertz CT molecular complexity index is 186. The molecule has 2 N–H and O–H groups in total. The minimum Gasteiger partial charge on any atom is -0.469 e. The van der Waals surface area contributed by atoms with Gasteiger partial charge in [0.2, 0.25) is 0 Å². The van der Waals surface area contributed by atoms with Gasteiger partial charge in [-0.1, -0.05) is 6.42 Å². The first-order valence-electron chi connectivity index (χ1n) is 4.42. The second kappa shape index (κ2) is 4.82. The molecule has 3 nitrogen and oxygen atoms in total. The molecule has 0 saturated heterocycles. The molecule has 0 aliphatic heterocycles. The van der Waals surface area contributed by atoms with Crippen LogP contribution in [0.5, 0.6) is 0 Å². The number of carbonyl (C=O) groups is 1. The normalized spacial score (nSPS) is 33.3. The number of carbonyl (C=O) groups excluding carboxylic acids is 1. The van der Waals surface area contributed by atoms with Crippen LogP contribution in [-0.2, 0) is 9.53 Å². The summed E-state index contributed by atoms with van der Waals surface area (Å²) >= 11 is 0. The van der Waals surface area contributed by atoms with Gasteiger partial charge in [0.15, 0.2) is 0 Å². The van der Waals surface area contributed by atoms with Gasteiger partial charge >= 0.3 is 5.97 Å². The lowest BCUT2D eigenvalue weighted by atomic mass is 9.74. The summed E-state index contributed by atoms with van der Waals surface area (Å²) in [7, 11) is 1.44. The molecule has 0 aromatic rings. The summed E-state index contributed by atoms with van der Waals surface area (Å²) in [6.45, 7) is 1.94. The van der Waals surface area contributed by atoms with Crippen molar-refractivity contribution in [2.24, 2.45) is 11.1 Å². The predicted molar refractivity (Wildman–Crippen MR) is 53.8 cm³/mol. The largest absolute Gasteiger partial charge is 0.469 e. The number of esters is 1. The highest BCUT2D eigenvalue weighted by molar-refractivity contribution is 5.85. The summed E-state index contributed by atoms with van der Waals surface area (Å²) < 4.78 is 4.75. The molecule has 0 bridgehead atoms. The fourth-order valence-electron chi connectivity index (χ4n) is 1.97. The number of hydrogen-bond donors (Lipinski definition) is 1. The lowest BCUT2D eigenvalue weighted by Gasteiger charge is -2.33. The van der Waals surface area contributed by atoms with E-state index in [1.165, 1.54) is 7.11 Å². The number of methoxy groups -OCH3 is 1. The van der Waals surface area contributed by atoms with Crippen molar-refractivity contribution in [1.29, 1.82) is 0 Å². The maximum absolute atomic E-state index is 11.4. The molecule has 0 aromatic carbocycles. The second-order valence-electron chi connectivity index (χ2n) is 3.91. The van der Waals surface area contributed by atoms with Gasteiger partial charge in [-0.3, -0.25) is 4.79 Å². The van der Waals surface area contributed by atoms with Gasteiger partial charge in [-0.15, -0.1) is 12.4 Å². The summed E-state index contributed by atoms with van der Waals surface area (Å²) in [5.74, 6) is -0.113. The van der Waals surface area contributed by atoms with E-state index in [1.54, 1.807) is 0 Å². The van der Waals surface area contributed by atoms with Gasteiger partial charge in [0.1, 0.15) is 0 Å². The van der Waals surface area contributed by atoms with Crippen LogP contribution >= 0.6 is 12.4 Å². The van der Waals surface area contributed by atoms with E-state index in [9.17, 15) is 4.79 Å². The summed E-state index contributed by atoms with van der Waals surface area (Å²) in [5, 5.41) is 0. The zero-order valence-electron chi connectivity index (χ0n) is 8.21. The van der Waals surface area contributed by atoms with Gasteiger partial charge in [-0.25, -0.2) is 0 Å². The topological polar surface area (TPSA) is 52.3 Å². The molecule has 2 atom stereocenters. The number of hydrogen-bond acceptors (Lipinski definition) is 3. The molecular formula is C9H18ClNO2. The Morgan fingerprint density at radius 3 is 2.69 bits per heavy atom. The van der Waals surface area contributed by atoms with Crippen LogP contribution in [0.15, 0.2) is 0 Å². The molecule has 1 aliphatic carbocycles. The highest BCUT2D eigenvalue weighted by Gasteiger charge is 2.38. The standard InChI is InChI=1S/C9H17NO2.ClH/c1-9(8(11)12-2)5-3-4-7(10)6-9;/h7H,3-6,10H2,1-2H3;1H. The molecule has 0 aromatic heterocycles. The van der Waals surface area contributed by atoms with Crippen LogP contribution in [0, 0.1) is 5.41 Å². The van der Waals surface area contributed by atoms with E-state index in [4.69, 9.17) is 10.5 Å². The fourth-order valence-corrected chi connectivity index (χ4v) is 1.97. The summed E-state index contributed by atoms with van der Waals surface area (Å²) in [6, 6.07) is 0.169. The minimum atomic E-state index is -0.327. The van der Waals surface area contributed by atoms with Gasteiger partial charge < -0.3 is 10.5 Å². The Labute approximate surface area is 85.4 Å². The van der Waals surface area contributed by atoms with Gasteiger partial charge in [0, 0.05) is 6.04 Å². The molecule has 1 aliphatic rings. The highest BCUT2D eigenvalue weighted by atomic mass is 35.5. The summed E-state index contributed by atoms with van der Waals surface area (Å²) in [5.41, 5.74) is 5.47. The van der Waals surface area contributed by atoms with E-state index in [2.05, 4.69) is 0 Å². The van der Waals surface area contributed by atoms with E-state index in [-0.39, 0.29) is 29.8 Å².